The minimum absolute atomic E-state index is 0.0214. The molecule has 0 fully saturated rings. The van der Waals surface area contributed by atoms with Crippen molar-refractivity contribution in [2.75, 3.05) is 19.6 Å². The van der Waals surface area contributed by atoms with Gasteiger partial charge in [-0.1, -0.05) is 33.6 Å². The molecule has 0 radical (unpaired) electrons. The minimum atomic E-state index is -0.577. The summed E-state index contributed by atoms with van der Waals surface area (Å²) in [4.78, 5) is 40.3. The Labute approximate surface area is 290 Å². The summed E-state index contributed by atoms with van der Waals surface area (Å²) < 4.78 is 0. The van der Waals surface area contributed by atoms with Crippen molar-refractivity contribution >= 4 is 17.6 Å². The van der Waals surface area contributed by atoms with Crippen LogP contribution in [0.5, 0.6) is 0 Å². The van der Waals surface area contributed by atoms with Crippen LogP contribution in [0.2, 0.25) is 0 Å². The Morgan fingerprint density at radius 3 is 1.17 bits per heavy atom. The highest BCUT2D eigenvalue weighted by Gasteiger charge is 2.33. The first-order valence-electron chi connectivity index (χ1n) is 18.4. The van der Waals surface area contributed by atoms with Crippen molar-refractivity contribution in [2.24, 2.45) is 5.41 Å². The summed E-state index contributed by atoms with van der Waals surface area (Å²) in [6.07, 6.45) is 7.33. The molecule has 0 aliphatic heterocycles. The predicted octanol–water partition coefficient (Wildman–Crippen LogP) is 6.00. The fraction of sp³-hybridized carbons (Fsp3) is 0.921. The highest BCUT2D eigenvalue weighted by Crippen LogP contribution is 2.20. The molecule has 278 valence electrons. The van der Waals surface area contributed by atoms with Crippen molar-refractivity contribution in [3.05, 3.63) is 0 Å². The quantitative estimate of drug-likeness (QED) is 0.0831. The zero-order valence-corrected chi connectivity index (χ0v) is 33.4. The smallest absolute Gasteiger partial charge is 0.237 e. The lowest BCUT2D eigenvalue weighted by Gasteiger charge is -2.31. The standard InChI is InChI=1S/C38H78N6O3/c1-34(2,3)31(45)28(42-33(47)30(44-38(13,14)15)24-18-21-27-41-36(7,8)9)22-16-19-25-39-32(46)29(43-37(10,11)12)23-17-20-26-40-35(4,5)6/h28-30,40-41,43-44H,16-27H2,1-15H3,(H,39,46)(H,42,47). The second-order valence-corrected chi connectivity index (χ2v) is 18.7. The maximum Gasteiger partial charge on any atom is 0.237 e. The zero-order valence-electron chi connectivity index (χ0n) is 33.4. The average molecular weight is 667 g/mol. The summed E-state index contributed by atoms with van der Waals surface area (Å²) >= 11 is 0. The third-order valence-electron chi connectivity index (χ3n) is 7.59. The second-order valence-electron chi connectivity index (χ2n) is 18.7. The first-order chi connectivity index (χ1) is 21.2. The van der Waals surface area contributed by atoms with Crippen LogP contribution in [0.3, 0.4) is 0 Å². The number of hydrogen-bond donors (Lipinski definition) is 6. The largest absolute Gasteiger partial charge is 0.355 e. The van der Waals surface area contributed by atoms with E-state index in [1.54, 1.807) is 0 Å². The van der Waals surface area contributed by atoms with Crippen LogP contribution in [-0.4, -0.2) is 77.5 Å². The molecule has 0 aromatic carbocycles. The van der Waals surface area contributed by atoms with Crippen LogP contribution in [0.1, 0.15) is 162 Å². The minimum Gasteiger partial charge on any atom is -0.355 e. The third-order valence-corrected chi connectivity index (χ3v) is 7.59. The van der Waals surface area contributed by atoms with Gasteiger partial charge in [-0.15, -0.1) is 0 Å². The summed E-state index contributed by atoms with van der Waals surface area (Å²) in [7, 11) is 0. The first kappa shape index (κ1) is 45.5. The van der Waals surface area contributed by atoms with Gasteiger partial charge in [0.25, 0.3) is 0 Å². The van der Waals surface area contributed by atoms with Crippen LogP contribution in [0.15, 0.2) is 0 Å². The molecule has 0 aliphatic carbocycles. The molecule has 0 aliphatic rings. The number of ketones is 1. The maximum atomic E-state index is 13.6. The van der Waals surface area contributed by atoms with E-state index < -0.39 is 11.5 Å². The molecule has 47 heavy (non-hydrogen) atoms. The Hall–Kier alpha value is -1.55. The van der Waals surface area contributed by atoms with Gasteiger partial charge in [0.05, 0.1) is 18.1 Å². The van der Waals surface area contributed by atoms with Gasteiger partial charge in [-0.25, -0.2) is 0 Å². The van der Waals surface area contributed by atoms with Crippen molar-refractivity contribution in [2.45, 2.75) is 202 Å². The van der Waals surface area contributed by atoms with Gasteiger partial charge in [0.15, 0.2) is 5.78 Å². The molecular weight excluding hydrogens is 588 g/mol. The highest BCUT2D eigenvalue weighted by molar-refractivity contribution is 5.93. The van der Waals surface area contributed by atoms with Crippen LogP contribution >= 0.6 is 0 Å². The van der Waals surface area contributed by atoms with Gasteiger partial charge in [0.2, 0.25) is 11.8 Å². The van der Waals surface area contributed by atoms with E-state index in [-0.39, 0.29) is 51.8 Å². The Morgan fingerprint density at radius 2 is 0.809 bits per heavy atom. The summed E-state index contributed by atoms with van der Waals surface area (Å²) in [6, 6.07) is -1.20. The summed E-state index contributed by atoms with van der Waals surface area (Å²) in [5.41, 5.74) is -0.831. The Kier molecular flexibility index (Phi) is 19.5. The van der Waals surface area contributed by atoms with Gasteiger partial charge in [-0.2, -0.15) is 0 Å². The van der Waals surface area contributed by atoms with Crippen molar-refractivity contribution in [3.63, 3.8) is 0 Å². The van der Waals surface area contributed by atoms with E-state index in [9.17, 15) is 14.4 Å². The van der Waals surface area contributed by atoms with Crippen LogP contribution in [-0.2, 0) is 14.4 Å². The summed E-state index contributed by atoms with van der Waals surface area (Å²) in [6.45, 7) is 33.5. The summed E-state index contributed by atoms with van der Waals surface area (Å²) in [5.74, 6) is -0.0595. The lowest BCUT2D eigenvalue weighted by molar-refractivity contribution is -0.133. The van der Waals surface area contributed by atoms with Crippen LogP contribution in [0.25, 0.3) is 0 Å². The second kappa shape index (κ2) is 20.2. The van der Waals surface area contributed by atoms with Crippen LogP contribution in [0, 0.1) is 5.41 Å². The summed E-state index contributed by atoms with van der Waals surface area (Å²) in [5, 5.41) is 20.3. The molecule has 3 unspecified atom stereocenters. The topological polar surface area (TPSA) is 123 Å². The fourth-order valence-electron chi connectivity index (χ4n) is 5.33. The SMILES string of the molecule is CC(C)(C)NCCCCC(NC(C)(C)C)C(=O)NCCCCC(NC(=O)C(CCCCNC(C)(C)C)NC(C)(C)C)C(=O)C(C)(C)C. The van der Waals surface area contributed by atoms with Gasteiger partial charge in [-0.3, -0.25) is 14.4 Å². The van der Waals surface area contributed by atoms with E-state index in [2.05, 4.69) is 115 Å². The van der Waals surface area contributed by atoms with E-state index in [1.807, 2.05) is 20.8 Å². The fourth-order valence-corrected chi connectivity index (χ4v) is 5.33. The highest BCUT2D eigenvalue weighted by atomic mass is 16.2. The van der Waals surface area contributed by atoms with E-state index in [1.165, 1.54) is 0 Å². The number of nitrogens with one attached hydrogen (secondary N) is 6. The molecule has 0 saturated carbocycles. The normalized spacial score (nSPS) is 15.2. The third kappa shape index (κ3) is 25.1. The monoisotopic (exact) mass is 667 g/mol. The molecule has 0 aromatic rings. The molecule has 0 rings (SSSR count). The number of Topliss-reactive ketones (excluding diaryl/α,β-unsaturated/α-hetero) is 1. The lowest BCUT2D eigenvalue weighted by atomic mass is 9.84. The zero-order chi connectivity index (χ0) is 36.7. The molecule has 0 bridgehead atoms. The first-order valence-corrected chi connectivity index (χ1v) is 18.4. The van der Waals surface area contributed by atoms with Crippen LogP contribution < -0.4 is 31.9 Å². The van der Waals surface area contributed by atoms with E-state index >= 15 is 0 Å². The molecule has 9 nitrogen and oxygen atoms in total. The molecule has 9 heteroatoms. The number of amides is 2. The van der Waals surface area contributed by atoms with E-state index in [0.29, 0.717) is 19.4 Å². The molecule has 0 aromatic heterocycles. The molecule has 2 amide bonds. The number of rotatable bonds is 21. The Morgan fingerprint density at radius 1 is 0.447 bits per heavy atom. The maximum absolute atomic E-state index is 13.6. The average Bonchev–Trinajstić information content (AvgIpc) is 2.86. The molecule has 0 saturated heterocycles. The Balaban J connectivity index is 5.21. The van der Waals surface area contributed by atoms with E-state index in [0.717, 1.165) is 58.0 Å². The van der Waals surface area contributed by atoms with Crippen LogP contribution in [0.4, 0.5) is 0 Å². The number of unbranched alkanes of at least 4 members (excludes halogenated alkanes) is 3. The van der Waals surface area contributed by atoms with Gasteiger partial charge in [0.1, 0.15) is 0 Å². The van der Waals surface area contributed by atoms with Crippen molar-refractivity contribution in [1.82, 2.24) is 31.9 Å². The van der Waals surface area contributed by atoms with Gasteiger partial charge in [-0.05, 0) is 141 Å². The Bertz CT molecular complexity index is 916. The molecular formula is C38H78N6O3. The predicted molar refractivity (Wildman–Crippen MR) is 200 cm³/mol. The van der Waals surface area contributed by atoms with Crippen molar-refractivity contribution in [1.29, 1.82) is 0 Å². The lowest BCUT2D eigenvalue weighted by Crippen LogP contribution is -2.55. The number of hydrogen-bond acceptors (Lipinski definition) is 7. The van der Waals surface area contributed by atoms with Gasteiger partial charge >= 0.3 is 0 Å². The molecule has 6 N–H and O–H groups in total. The van der Waals surface area contributed by atoms with Gasteiger partial charge < -0.3 is 31.9 Å². The molecule has 0 spiro atoms. The number of carbonyl (C=O) groups is 3. The van der Waals surface area contributed by atoms with Gasteiger partial charge in [0, 0.05) is 34.1 Å². The molecule has 3 atom stereocenters. The molecule has 0 heterocycles. The number of carbonyl (C=O) groups excluding carboxylic acids is 3. The van der Waals surface area contributed by atoms with E-state index in [4.69, 9.17) is 0 Å². The van der Waals surface area contributed by atoms with Crippen molar-refractivity contribution in [3.8, 4) is 0 Å². The van der Waals surface area contributed by atoms with Crippen molar-refractivity contribution < 1.29 is 14.4 Å².